The summed E-state index contributed by atoms with van der Waals surface area (Å²) in [5.74, 6) is 1.06. The van der Waals surface area contributed by atoms with Crippen molar-refractivity contribution in [2.24, 2.45) is 0 Å². The van der Waals surface area contributed by atoms with Gasteiger partial charge in [0.2, 0.25) is 0 Å². The van der Waals surface area contributed by atoms with E-state index in [4.69, 9.17) is 21.1 Å². The third-order valence-electron chi connectivity index (χ3n) is 2.97. The zero-order valence-corrected chi connectivity index (χ0v) is 12.8. The summed E-state index contributed by atoms with van der Waals surface area (Å²) in [7, 11) is 0. The Hall–Kier alpha value is -2.00. The number of ether oxygens (including phenoxy) is 2. The van der Waals surface area contributed by atoms with Crippen LogP contribution in [0.25, 0.3) is 0 Å². The maximum absolute atomic E-state index is 10.9. The van der Waals surface area contributed by atoms with E-state index in [-0.39, 0.29) is 0 Å². The lowest BCUT2D eigenvalue weighted by Gasteiger charge is -2.13. The number of carbonyl (C=O) groups excluding carboxylic acids is 1. The Kier molecular flexibility index (Phi) is 5.23. The van der Waals surface area contributed by atoms with E-state index < -0.39 is 0 Å². The molecule has 0 atom stereocenters. The van der Waals surface area contributed by atoms with E-state index in [9.17, 15) is 4.79 Å². The molecule has 0 aromatic heterocycles. The second kappa shape index (κ2) is 7.14. The van der Waals surface area contributed by atoms with Crippen molar-refractivity contribution < 1.29 is 14.3 Å². The van der Waals surface area contributed by atoms with Crippen LogP contribution in [0.5, 0.6) is 11.5 Å². The van der Waals surface area contributed by atoms with Crippen molar-refractivity contribution in [1.82, 2.24) is 0 Å². The van der Waals surface area contributed by atoms with Crippen molar-refractivity contribution in [3.63, 3.8) is 0 Å². The van der Waals surface area contributed by atoms with Crippen LogP contribution in [0.2, 0.25) is 5.02 Å². The molecule has 0 aliphatic heterocycles. The quantitative estimate of drug-likeness (QED) is 0.740. The van der Waals surface area contributed by atoms with Crippen molar-refractivity contribution in [1.29, 1.82) is 0 Å². The molecule has 2 aromatic carbocycles. The average molecular weight is 305 g/mol. The van der Waals surface area contributed by atoms with Gasteiger partial charge in [0.05, 0.1) is 11.6 Å². The van der Waals surface area contributed by atoms with Gasteiger partial charge in [-0.15, -0.1) is 0 Å². The molecule has 21 heavy (non-hydrogen) atoms. The molecule has 0 heterocycles. The van der Waals surface area contributed by atoms with Crippen LogP contribution >= 0.6 is 11.6 Å². The van der Waals surface area contributed by atoms with E-state index in [0.717, 1.165) is 5.56 Å². The topological polar surface area (TPSA) is 35.5 Å². The summed E-state index contributed by atoms with van der Waals surface area (Å²) < 4.78 is 11.3. The van der Waals surface area contributed by atoms with E-state index >= 15 is 0 Å². The summed E-state index contributed by atoms with van der Waals surface area (Å²) >= 11 is 6.04. The molecule has 2 aromatic rings. The number of aldehydes is 1. The summed E-state index contributed by atoms with van der Waals surface area (Å²) in [5.41, 5.74) is 2.63. The molecule has 0 amide bonds. The fraction of sp³-hybridized carbons (Fsp3) is 0.235. The Morgan fingerprint density at radius 3 is 2.57 bits per heavy atom. The Morgan fingerprint density at radius 2 is 1.90 bits per heavy atom. The van der Waals surface area contributed by atoms with Gasteiger partial charge in [-0.1, -0.05) is 41.4 Å². The first-order valence-corrected chi connectivity index (χ1v) is 7.11. The van der Waals surface area contributed by atoms with Crippen LogP contribution in [0.3, 0.4) is 0 Å². The number of hydrogen-bond donors (Lipinski definition) is 0. The van der Waals surface area contributed by atoms with Gasteiger partial charge < -0.3 is 9.47 Å². The highest BCUT2D eigenvalue weighted by atomic mass is 35.5. The second-order valence-electron chi connectivity index (χ2n) is 4.65. The molecule has 4 heteroatoms. The number of rotatable bonds is 6. The van der Waals surface area contributed by atoms with Crippen molar-refractivity contribution in [2.75, 3.05) is 6.61 Å². The monoisotopic (exact) mass is 304 g/mol. The Balaban J connectivity index is 2.22. The molecule has 0 aliphatic carbocycles. The summed E-state index contributed by atoms with van der Waals surface area (Å²) in [6.07, 6.45) is 0.704. The van der Waals surface area contributed by atoms with Crippen LogP contribution in [0.4, 0.5) is 0 Å². The van der Waals surface area contributed by atoms with Crippen molar-refractivity contribution in [3.8, 4) is 11.5 Å². The molecule has 0 saturated heterocycles. The minimum atomic E-state index is 0.354. The highest BCUT2D eigenvalue weighted by molar-refractivity contribution is 6.33. The fourth-order valence-corrected chi connectivity index (χ4v) is 2.18. The van der Waals surface area contributed by atoms with Gasteiger partial charge >= 0.3 is 0 Å². The molecular weight excluding hydrogens is 288 g/mol. The first-order chi connectivity index (χ1) is 10.1. The first-order valence-electron chi connectivity index (χ1n) is 6.74. The molecule has 0 aliphatic rings. The van der Waals surface area contributed by atoms with Crippen LogP contribution in [0.15, 0.2) is 36.4 Å². The van der Waals surface area contributed by atoms with Crippen LogP contribution in [0, 0.1) is 6.92 Å². The molecule has 0 radical (unpaired) electrons. The van der Waals surface area contributed by atoms with Crippen LogP contribution in [-0.4, -0.2) is 12.9 Å². The summed E-state index contributed by atoms with van der Waals surface area (Å²) in [6, 6.07) is 11.3. The maximum Gasteiger partial charge on any atom is 0.163 e. The molecule has 0 bridgehead atoms. The van der Waals surface area contributed by atoms with Gasteiger partial charge in [0.1, 0.15) is 6.61 Å². The average Bonchev–Trinajstić information content (AvgIpc) is 2.47. The Bertz CT molecular complexity index is 638. The van der Waals surface area contributed by atoms with Crippen LogP contribution in [0.1, 0.15) is 28.4 Å². The lowest BCUT2D eigenvalue weighted by Crippen LogP contribution is -2.01. The second-order valence-corrected chi connectivity index (χ2v) is 5.06. The molecule has 0 saturated carbocycles. The number of carbonyl (C=O) groups is 1. The van der Waals surface area contributed by atoms with E-state index in [1.165, 1.54) is 5.56 Å². The van der Waals surface area contributed by atoms with Gasteiger partial charge in [0.25, 0.3) is 0 Å². The van der Waals surface area contributed by atoms with Crippen molar-refractivity contribution in [2.45, 2.75) is 20.5 Å². The lowest BCUT2D eigenvalue weighted by molar-refractivity contribution is 0.112. The highest BCUT2D eigenvalue weighted by Crippen LogP contribution is 2.33. The van der Waals surface area contributed by atoms with E-state index in [1.807, 2.05) is 32.0 Å². The van der Waals surface area contributed by atoms with Gasteiger partial charge in [-0.3, -0.25) is 4.79 Å². The molecule has 0 spiro atoms. The summed E-state index contributed by atoms with van der Waals surface area (Å²) in [4.78, 5) is 10.9. The zero-order valence-electron chi connectivity index (χ0n) is 12.1. The normalized spacial score (nSPS) is 10.2. The van der Waals surface area contributed by atoms with Crippen LogP contribution in [-0.2, 0) is 6.61 Å². The van der Waals surface area contributed by atoms with Crippen molar-refractivity contribution in [3.05, 3.63) is 58.1 Å². The molecule has 2 rings (SSSR count). The van der Waals surface area contributed by atoms with E-state index in [2.05, 4.69) is 6.07 Å². The number of hydrogen-bond acceptors (Lipinski definition) is 3. The Morgan fingerprint density at radius 1 is 1.14 bits per heavy atom. The van der Waals surface area contributed by atoms with Gasteiger partial charge in [-0.25, -0.2) is 0 Å². The molecular formula is C17H17ClO3. The summed E-state index contributed by atoms with van der Waals surface area (Å²) in [5, 5.41) is 0.354. The minimum absolute atomic E-state index is 0.354. The largest absolute Gasteiger partial charge is 0.490 e. The van der Waals surface area contributed by atoms with E-state index in [1.54, 1.807) is 12.1 Å². The fourth-order valence-electron chi connectivity index (χ4n) is 1.99. The molecule has 0 fully saturated rings. The van der Waals surface area contributed by atoms with Gasteiger partial charge in [0, 0.05) is 11.6 Å². The van der Waals surface area contributed by atoms with Crippen molar-refractivity contribution >= 4 is 17.9 Å². The van der Waals surface area contributed by atoms with Gasteiger partial charge in [0.15, 0.2) is 17.8 Å². The third-order valence-corrected chi connectivity index (χ3v) is 3.29. The lowest BCUT2D eigenvalue weighted by atomic mass is 10.1. The SMILES string of the molecule is CCOc1cc(C=O)c(Cl)cc1OCc1cccc(C)c1. The standard InChI is InChI=1S/C17H17ClO3/c1-3-20-16-8-14(10-19)15(18)9-17(16)21-11-13-6-4-5-12(2)7-13/h4-10H,3,11H2,1-2H3. The van der Waals surface area contributed by atoms with Gasteiger partial charge in [-0.2, -0.15) is 0 Å². The van der Waals surface area contributed by atoms with Crippen LogP contribution < -0.4 is 9.47 Å². The number of halogens is 1. The highest BCUT2D eigenvalue weighted by Gasteiger charge is 2.11. The molecule has 110 valence electrons. The predicted octanol–water partition coefficient (Wildman–Crippen LogP) is 4.44. The Labute approximate surface area is 129 Å². The first kappa shape index (κ1) is 15.4. The third kappa shape index (κ3) is 3.99. The van der Waals surface area contributed by atoms with Gasteiger partial charge in [-0.05, 0) is 25.5 Å². The smallest absolute Gasteiger partial charge is 0.163 e. The zero-order chi connectivity index (χ0) is 15.2. The predicted molar refractivity (Wildman–Crippen MR) is 83.5 cm³/mol. The number of benzene rings is 2. The molecule has 0 unspecified atom stereocenters. The molecule has 3 nitrogen and oxygen atoms in total. The minimum Gasteiger partial charge on any atom is -0.490 e. The molecule has 0 N–H and O–H groups in total. The van der Waals surface area contributed by atoms with E-state index in [0.29, 0.717) is 41.6 Å². The maximum atomic E-state index is 10.9. The number of aryl methyl sites for hydroxylation is 1. The summed E-state index contributed by atoms with van der Waals surface area (Å²) in [6.45, 7) is 4.81.